The SMILES string of the molecule is CC/C=C\C/C=C\C/C=C\C/C=C\CCCCCCCCCCCCCCCCCCCCC(=O)OCC(COC(=O)CCCCCCCC)OC(=O)CCCCCCCCCCCCCCC/C=C\CCCCCCCCCC. The minimum Gasteiger partial charge on any atom is -0.462 e. The minimum atomic E-state index is -0.769. The van der Waals surface area contributed by atoms with E-state index in [-0.39, 0.29) is 31.1 Å². The summed E-state index contributed by atoms with van der Waals surface area (Å²) in [5, 5.41) is 0. The molecule has 0 spiro atoms. The van der Waals surface area contributed by atoms with Gasteiger partial charge in [-0.05, 0) is 83.5 Å². The highest BCUT2D eigenvalue weighted by molar-refractivity contribution is 5.71. The third kappa shape index (κ3) is 65.9. The van der Waals surface area contributed by atoms with E-state index >= 15 is 0 Å². The van der Waals surface area contributed by atoms with E-state index < -0.39 is 6.10 Å². The van der Waals surface area contributed by atoms with Crippen LogP contribution in [0.4, 0.5) is 0 Å². The summed E-state index contributed by atoms with van der Waals surface area (Å²) in [6.07, 6.45) is 88.7. The molecule has 0 aromatic heterocycles. The summed E-state index contributed by atoms with van der Waals surface area (Å²) in [5.74, 6) is -0.856. The maximum Gasteiger partial charge on any atom is 0.306 e. The van der Waals surface area contributed by atoms with Crippen LogP contribution in [0.5, 0.6) is 0 Å². The summed E-state index contributed by atoms with van der Waals surface area (Å²) in [4.78, 5) is 38.1. The number of rotatable bonds is 65. The van der Waals surface area contributed by atoms with Crippen LogP contribution in [0.1, 0.15) is 374 Å². The van der Waals surface area contributed by atoms with Crippen molar-refractivity contribution in [1.82, 2.24) is 0 Å². The third-order valence-electron chi connectivity index (χ3n) is 15.8. The topological polar surface area (TPSA) is 78.9 Å². The Morgan fingerprint density at radius 1 is 0.263 bits per heavy atom. The molecule has 0 amide bonds. The van der Waals surface area contributed by atoms with Gasteiger partial charge in [-0.1, -0.05) is 332 Å². The number of carbonyl (C=O) groups is 3. The second-order valence-electron chi connectivity index (χ2n) is 23.8. The smallest absolute Gasteiger partial charge is 0.306 e. The van der Waals surface area contributed by atoms with E-state index in [9.17, 15) is 14.4 Å². The average molecular weight is 1120 g/mol. The Balaban J connectivity index is 3.98. The molecule has 0 fully saturated rings. The first-order valence-corrected chi connectivity index (χ1v) is 35.3. The lowest BCUT2D eigenvalue weighted by molar-refractivity contribution is -0.167. The molecule has 0 aromatic rings. The molecule has 0 aliphatic carbocycles. The molecule has 0 aliphatic rings. The molecule has 0 saturated carbocycles. The summed E-state index contributed by atoms with van der Waals surface area (Å²) < 4.78 is 16.9. The van der Waals surface area contributed by atoms with Crippen molar-refractivity contribution in [3.8, 4) is 0 Å². The van der Waals surface area contributed by atoms with Crippen LogP contribution < -0.4 is 0 Å². The number of esters is 3. The summed E-state index contributed by atoms with van der Waals surface area (Å²) in [6.45, 7) is 6.52. The van der Waals surface area contributed by atoms with E-state index in [0.717, 1.165) is 83.5 Å². The summed E-state index contributed by atoms with van der Waals surface area (Å²) in [5.41, 5.74) is 0. The zero-order valence-corrected chi connectivity index (χ0v) is 53.6. The normalized spacial score (nSPS) is 12.4. The first kappa shape index (κ1) is 77.1. The van der Waals surface area contributed by atoms with Crippen molar-refractivity contribution < 1.29 is 28.6 Å². The van der Waals surface area contributed by atoms with Gasteiger partial charge in [0, 0.05) is 19.3 Å². The quantitative estimate of drug-likeness (QED) is 0.0261. The van der Waals surface area contributed by atoms with Gasteiger partial charge in [0.2, 0.25) is 0 Å². The lowest BCUT2D eigenvalue weighted by Gasteiger charge is -2.18. The molecule has 6 heteroatoms. The lowest BCUT2D eigenvalue weighted by atomic mass is 10.0. The fourth-order valence-corrected chi connectivity index (χ4v) is 10.5. The van der Waals surface area contributed by atoms with Crippen LogP contribution in [-0.4, -0.2) is 37.2 Å². The lowest BCUT2D eigenvalue weighted by Crippen LogP contribution is -2.30. The maximum absolute atomic E-state index is 12.9. The van der Waals surface area contributed by atoms with E-state index in [1.807, 2.05) is 0 Å². The largest absolute Gasteiger partial charge is 0.462 e. The summed E-state index contributed by atoms with van der Waals surface area (Å²) >= 11 is 0. The Morgan fingerprint density at radius 3 is 0.775 bits per heavy atom. The van der Waals surface area contributed by atoms with E-state index in [1.165, 1.54) is 250 Å². The Bertz CT molecular complexity index is 1430. The molecule has 0 N–H and O–H groups in total. The van der Waals surface area contributed by atoms with E-state index in [0.29, 0.717) is 19.3 Å². The van der Waals surface area contributed by atoms with Crippen molar-refractivity contribution in [3.05, 3.63) is 60.8 Å². The van der Waals surface area contributed by atoms with Gasteiger partial charge in [0.15, 0.2) is 6.10 Å². The molecule has 0 aromatic carbocycles. The zero-order chi connectivity index (χ0) is 57.8. The van der Waals surface area contributed by atoms with Gasteiger partial charge in [0.05, 0.1) is 0 Å². The first-order valence-electron chi connectivity index (χ1n) is 35.3. The fourth-order valence-electron chi connectivity index (χ4n) is 10.5. The molecule has 6 nitrogen and oxygen atoms in total. The van der Waals surface area contributed by atoms with Crippen LogP contribution in [0.25, 0.3) is 0 Å². The number of carbonyl (C=O) groups excluding carboxylic acids is 3. The minimum absolute atomic E-state index is 0.0689. The number of unbranched alkanes of at least 4 members (excludes halogenated alkanes) is 44. The monoisotopic (exact) mass is 1120 g/mol. The van der Waals surface area contributed by atoms with Gasteiger partial charge in [0.1, 0.15) is 13.2 Å². The van der Waals surface area contributed by atoms with Crippen molar-refractivity contribution in [3.63, 3.8) is 0 Å². The molecule has 0 bridgehead atoms. The van der Waals surface area contributed by atoms with Gasteiger partial charge in [-0.2, -0.15) is 0 Å². The van der Waals surface area contributed by atoms with Gasteiger partial charge < -0.3 is 14.2 Å². The zero-order valence-electron chi connectivity index (χ0n) is 53.6. The number of ether oxygens (including phenoxy) is 3. The highest BCUT2D eigenvalue weighted by Gasteiger charge is 2.19. The standard InChI is InChI=1S/C74H134O6/c1-4-7-10-13-16-18-20-22-24-26-28-30-32-34-35-36-37-38-39-41-42-44-46-48-50-52-54-56-58-61-64-67-73(76)79-70-71(69-78-72(75)66-63-60-15-12-9-6-3)80-74(77)68-65-62-59-57-55-53-51-49-47-45-43-40-33-31-29-27-25-23-21-19-17-14-11-8-5-2/h7,10,16,18,22,24,27-30,71H,4-6,8-9,11-15,17,19-21,23,25-26,31-70H2,1-3H3/b10-7-,18-16-,24-22-,29-27-,30-28-. The van der Waals surface area contributed by atoms with E-state index in [2.05, 4.69) is 81.5 Å². The predicted octanol–water partition coefficient (Wildman–Crippen LogP) is 24.3. The van der Waals surface area contributed by atoms with Gasteiger partial charge in [-0.15, -0.1) is 0 Å². The van der Waals surface area contributed by atoms with E-state index in [1.54, 1.807) is 0 Å². The molecule has 0 heterocycles. The number of hydrogen-bond acceptors (Lipinski definition) is 6. The summed E-state index contributed by atoms with van der Waals surface area (Å²) in [6, 6.07) is 0. The molecule has 466 valence electrons. The van der Waals surface area contributed by atoms with Crippen molar-refractivity contribution in [2.75, 3.05) is 13.2 Å². The maximum atomic E-state index is 12.9. The van der Waals surface area contributed by atoms with E-state index in [4.69, 9.17) is 14.2 Å². The highest BCUT2D eigenvalue weighted by atomic mass is 16.6. The molecular formula is C74H134O6. The summed E-state index contributed by atoms with van der Waals surface area (Å²) in [7, 11) is 0. The number of hydrogen-bond donors (Lipinski definition) is 0. The van der Waals surface area contributed by atoms with Crippen LogP contribution in [0.15, 0.2) is 60.8 Å². The van der Waals surface area contributed by atoms with Crippen molar-refractivity contribution >= 4 is 17.9 Å². The van der Waals surface area contributed by atoms with Crippen LogP contribution >= 0.6 is 0 Å². The van der Waals surface area contributed by atoms with Gasteiger partial charge in [-0.25, -0.2) is 0 Å². The Labute approximate surface area is 498 Å². The van der Waals surface area contributed by atoms with Crippen molar-refractivity contribution in [1.29, 1.82) is 0 Å². The third-order valence-corrected chi connectivity index (χ3v) is 15.8. The second kappa shape index (κ2) is 68.6. The average Bonchev–Trinajstić information content (AvgIpc) is 3.46. The molecule has 0 saturated heterocycles. The van der Waals surface area contributed by atoms with Crippen LogP contribution in [0.2, 0.25) is 0 Å². The van der Waals surface area contributed by atoms with Gasteiger partial charge in [0.25, 0.3) is 0 Å². The predicted molar refractivity (Wildman–Crippen MR) is 348 cm³/mol. The Hall–Kier alpha value is -2.89. The number of allylic oxidation sites excluding steroid dienone is 10. The Morgan fingerprint density at radius 2 is 0.487 bits per heavy atom. The van der Waals surface area contributed by atoms with Gasteiger partial charge in [-0.3, -0.25) is 14.4 Å². The second-order valence-corrected chi connectivity index (χ2v) is 23.8. The van der Waals surface area contributed by atoms with Crippen LogP contribution in [0, 0.1) is 0 Å². The molecule has 1 atom stereocenters. The van der Waals surface area contributed by atoms with Gasteiger partial charge >= 0.3 is 17.9 Å². The highest BCUT2D eigenvalue weighted by Crippen LogP contribution is 2.18. The molecule has 80 heavy (non-hydrogen) atoms. The molecule has 0 radical (unpaired) electrons. The molecular weight excluding hydrogens is 985 g/mol. The molecule has 0 aliphatic heterocycles. The molecule has 1 unspecified atom stereocenters. The Kier molecular flexibility index (Phi) is 66.1. The van der Waals surface area contributed by atoms with Crippen molar-refractivity contribution in [2.45, 2.75) is 380 Å². The van der Waals surface area contributed by atoms with Crippen LogP contribution in [-0.2, 0) is 28.6 Å². The van der Waals surface area contributed by atoms with Crippen molar-refractivity contribution in [2.24, 2.45) is 0 Å². The molecule has 0 rings (SSSR count). The van der Waals surface area contributed by atoms with Crippen LogP contribution in [0.3, 0.4) is 0 Å². The fraction of sp³-hybridized carbons (Fsp3) is 0.824. The first-order chi connectivity index (χ1) is 39.5.